The molecule has 0 unspecified atom stereocenters. The number of nitrogens with one attached hydrogen (secondary N) is 1. The highest BCUT2D eigenvalue weighted by Crippen LogP contribution is 2.18. The molecular formula is C17H34N4O2. The highest BCUT2D eigenvalue weighted by molar-refractivity contribution is 5.80. The zero-order chi connectivity index (χ0) is 17.4. The van der Waals surface area contributed by atoms with Crippen molar-refractivity contribution in [3.05, 3.63) is 0 Å². The molecule has 0 spiro atoms. The molecule has 0 radical (unpaired) electrons. The van der Waals surface area contributed by atoms with Crippen molar-refractivity contribution in [2.75, 3.05) is 40.3 Å². The lowest BCUT2D eigenvalue weighted by atomic mass is 9.97. The average Bonchev–Trinajstić information content (AvgIpc) is 2.53. The maximum absolute atomic E-state index is 11.6. The first kappa shape index (κ1) is 19.7. The number of nitrogens with zero attached hydrogens (tertiary/aromatic N) is 3. The first-order chi connectivity index (χ1) is 10.9. The molecule has 23 heavy (non-hydrogen) atoms. The van der Waals surface area contributed by atoms with Gasteiger partial charge < -0.3 is 15.0 Å². The molecule has 0 bridgehead atoms. The molecule has 1 rings (SSSR count). The summed E-state index contributed by atoms with van der Waals surface area (Å²) in [4.78, 5) is 20.7. The summed E-state index contributed by atoms with van der Waals surface area (Å²) in [5.74, 6) is 0.879. The van der Waals surface area contributed by atoms with Crippen LogP contribution in [0.4, 0.5) is 0 Å². The zero-order valence-electron chi connectivity index (χ0n) is 15.6. The van der Waals surface area contributed by atoms with Crippen molar-refractivity contribution in [2.45, 2.75) is 52.6 Å². The molecule has 6 nitrogen and oxygen atoms in total. The number of methoxy groups -OCH3 is 1. The predicted molar refractivity (Wildman–Crippen MR) is 94.7 cm³/mol. The number of guanidine groups is 1. The molecule has 134 valence electrons. The van der Waals surface area contributed by atoms with Crippen LogP contribution in [0.25, 0.3) is 0 Å². The van der Waals surface area contributed by atoms with Gasteiger partial charge in [0.15, 0.2) is 5.96 Å². The van der Waals surface area contributed by atoms with E-state index in [1.807, 2.05) is 7.05 Å². The molecule has 0 aromatic heterocycles. The Kier molecular flexibility index (Phi) is 8.37. The molecule has 6 heteroatoms. The van der Waals surface area contributed by atoms with Gasteiger partial charge in [-0.15, -0.1) is 0 Å². The van der Waals surface area contributed by atoms with Gasteiger partial charge in [-0.1, -0.05) is 0 Å². The number of piperidine rings is 1. The van der Waals surface area contributed by atoms with E-state index in [1.165, 1.54) is 7.11 Å². The van der Waals surface area contributed by atoms with E-state index < -0.39 is 0 Å². The third kappa shape index (κ3) is 6.01. The van der Waals surface area contributed by atoms with Crippen molar-refractivity contribution in [1.82, 2.24) is 15.1 Å². The van der Waals surface area contributed by atoms with E-state index in [4.69, 9.17) is 4.74 Å². The van der Waals surface area contributed by atoms with Crippen molar-refractivity contribution >= 4 is 11.9 Å². The number of carbonyl (C=O) groups excluding carboxylic acids is 1. The fraction of sp³-hybridized carbons (Fsp3) is 0.882. The first-order valence-corrected chi connectivity index (χ1v) is 8.69. The Morgan fingerprint density at radius 1 is 1.26 bits per heavy atom. The fourth-order valence-corrected chi connectivity index (χ4v) is 3.24. The second kappa shape index (κ2) is 9.75. The van der Waals surface area contributed by atoms with Crippen molar-refractivity contribution in [3.63, 3.8) is 0 Å². The van der Waals surface area contributed by atoms with Crippen LogP contribution in [0.15, 0.2) is 4.99 Å². The molecular weight excluding hydrogens is 292 g/mol. The first-order valence-electron chi connectivity index (χ1n) is 8.69. The van der Waals surface area contributed by atoms with E-state index in [2.05, 4.69) is 47.8 Å². The van der Waals surface area contributed by atoms with Crippen LogP contribution in [0.2, 0.25) is 0 Å². The van der Waals surface area contributed by atoms with Gasteiger partial charge >= 0.3 is 5.97 Å². The second-order valence-electron chi connectivity index (χ2n) is 6.68. The smallest absolute Gasteiger partial charge is 0.308 e. The van der Waals surface area contributed by atoms with Gasteiger partial charge in [-0.2, -0.15) is 0 Å². The van der Waals surface area contributed by atoms with E-state index in [-0.39, 0.29) is 11.9 Å². The Bertz CT molecular complexity index is 380. The lowest BCUT2D eigenvalue weighted by Gasteiger charge is -2.34. The third-order valence-corrected chi connectivity index (χ3v) is 4.52. The van der Waals surface area contributed by atoms with E-state index >= 15 is 0 Å². The van der Waals surface area contributed by atoms with Crippen LogP contribution in [-0.2, 0) is 9.53 Å². The van der Waals surface area contributed by atoms with Gasteiger partial charge in [0.2, 0.25) is 0 Å². The number of aliphatic imine (C=N–C) groups is 1. The van der Waals surface area contributed by atoms with Gasteiger partial charge in [0.1, 0.15) is 0 Å². The van der Waals surface area contributed by atoms with E-state index in [1.54, 1.807) is 0 Å². The average molecular weight is 326 g/mol. The van der Waals surface area contributed by atoms with Crippen molar-refractivity contribution in [2.24, 2.45) is 10.9 Å². The molecule has 0 aliphatic carbocycles. The number of rotatable bonds is 6. The molecule has 1 heterocycles. The summed E-state index contributed by atoms with van der Waals surface area (Å²) in [5.41, 5.74) is 0. The normalized spacial score (nSPS) is 17.3. The van der Waals surface area contributed by atoms with Crippen molar-refractivity contribution < 1.29 is 9.53 Å². The Hall–Kier alpha value is -1.30. The lowest BCUT2D eigenvalue weighted by Crippen LogP contribution is -2.49. The minimum absolute atomic E-state index is 0.0340. The summed E-state index contributed by atoms with van der Waals surface area (Å²) < 4.78 is 4.84. The summed E-state index contributed by atoms with van der Waals surface area (Å²) in [6.07, 6.45) is 1.66. The third-order valence-electron chi connectivity index (χ3n) is 4.52. The molecule has 1 saturated heterocycles. The minimum Gasteiger partial charge on any atom is -0.469 e. The Morgan fingerprint density at radius 2 is 1.83 bits per heavy atom. The molecule has 1 aliphatic rings. The lowest BCUT2D eigenvalue weighted by molar-refractivity contribution is -0.146. The number of hydrogen-bond donors (Lipinski definition) is 1. The molecule has 0 saturated carbocycles. The van der Waals surface area contributed by atoms with Crippen LogP contribution in [0.5, 0.6) is 0 Å². The van der Waals surface area contributed by atoms with Crippen molar-refractivity contribution in [3.8, 4) is 0 Å². The molecule has 0 amide bonds. The number of esters is 1. The highest BCUT2D eigenvalue weighted by atomic mass is 16.5. The molecule has 0 atom stereocenters. The zero-order valence-corrected chi connectivity index (χ0v) is 15.6. The second-order valence-corrected chi connectivity index (χ2v) is 6.68. The van der Waals surface area contributed by atoms with E-state index in [0.29, 0.717) is 12.1 Å². The molecule has 1 N–H and O–H groups in total. The number of hydrogen-bond acceptors (Lipinski definition) is 4. The topological polar surface area (TPSA) is 57.2 Å². The summed E-state index contributed by atoms with van der Waals surface area (Å²) in [6, 6.07) is 1.07. The SMILES string of the molecule is CN=C(NCCN(C(C)C)C(C)C)N1CCC(C(=O)OC)CC1. The van der Waals surface area contributed by atoms with Gasteiger partial charge in [-0.05, 0) is 40.5 Å². The van der Waals surface area contributed by atoms with Gasteiger partial charge in [0, 0.05) is 45.3 Å². The quantitative estimate of drug-likeness (QED) is 0.456. The van der Waals surface area contributed by atoms with Crippen LogP contribution >= 0.6 is 0 Å². The maximum Gasteiger partial charge on any atom is 0.308 e. The van der Waals surface area contributed by atoms with E-state index in [9.17, 15) is 4.79 Å². The van der Waals surface area contributed by atoms with Crippen LogP contribution in [0, 0.1) is 5.92 Å². The van der Waals surface area contributed by atoms with Gasteiger partial charge in [0.25, 0.3) is 0 Å². The molecule has 0 aromatic carbocycles. The Morgan fingerprint density at radius 3 is 2.26 bits per heavy atom. The van der Waals surface area contributed by atoms with Crippen LogP contribution in [0.1, 0.15) is 40.5 Å². The van der Waals surface area contributed by atoms with Gasteiger partial charge in [-0.25, -0.2) is 0 Å². The number of carbonyl (C=O) groups is 1. The Labute approximate surface area is 141 Å². The van der Waals surface area contributed by atoms with Gasteiger partial charge in [-0.3, -0.25) is 14.7 Å². The predicted octanol–water partition coefficient (Wildman–Crippen LogP) is 1.57. The highest BCUT2D eigenvalue weighted by Gasteiger charge is 2.27. The number of ether oxygens (including phenoxy) is 1. The monoisotopic (exact) mass is 326 g/mol. The molecule has 0 aromatic rings. The van der Waals surface area contributed by atoms with E-state index in [0.717, 1.165) is 45.0 Å². The Balaban J connectivity index is 2.42. The maximum atomic E-state index is 11.6. The summed E-state index contributed by atoms with van der Waals surface area (Å²) in [6.45, 7) is 12.5. The van der Waals surface area contributed by atoms with Crippen molar-refractivity contribution in [1.29, 1.82) is 0 Å². The largest absolute Gasteiger partial charge is 0.469 e. The number of likely N-dealkylation sites (tertiary alicyclic amines) is 1. The molecule has 1 fully saturated rings. The summed E-state index contributed by atoms with van der Waals surface area (Å²) in [5, 5.41) is 3.46. The van der Waals surface area contributed by atoms with Crippen LogP contribution in [0.3, 0.4) is 0 Å². The molecule has 1 aliphatic heterocycles. The summed E-state index contributed by atoms with van der Waals surface area (Å²) in [7, 11) is 3.28. The van der Waals surface area contributed by atoms with Gasteiger partial charge in [0.05, 0.1) is 13.0 Å². The van der Waals surface area contributed by atoms with Crippen LogP contribution < -0.4 is 5.32 Å². The minimum atomic E-state index is -0.0860. The summed E-state index contributed by atoms with van der Waals surface area (Å²) >= 11 is 0. The fourth-order valence-electron chi connectivity index (χ4n) is 3.24. The standard InChI is InChI=1S/C17H34N4O2/c1-13(2)21(14(3)4)12-9-19-17(18-5)20-10-7-15(8-11-20)16(22)23-6/h13-15H,7-12H2,1-6H3,(H,18,19). The van der Waals surface area contributed by atoms with Crippen LogP contribution in [-0.4, -0.2) is 74.1 Å².